The van der Waals surface area contributed by atoms with Crippen LogP contribution < -0.4 is 5.32 Å². The Kier molecular flexibility index (Phi) is 6.08. The Morgan fingerprint density at radius 3 is 2.74 bits per heavy atom. The minimum absolute atomic E-state index is 0.0420. The fourth-order valence-electron chi connectivity index (χ4n) is 2.35. The first kappa shape index (κ1) is 18.5. The van der Waals surface area contributed by atoms with Crippen molar-refractivity contribution in [2.75, 3.05) is 6.54 Å². The first-order valence-corrected chi connectivity index (χ1v) is 8.63. The number of pyridine rings is 1. The number of amides is 1. The third-order valence-electron chi connectivity index (χ3n) is 3.67. The first-order valence-electron chi connectivity index (χ1n) is 8.18. The van der Waals surface area contributed by atoms with Gasteiger partial charge in [0.2, 0.25) is 0 Å². The number of carbonyl (C=O) groups is 2. The topological polar surface area (TPSA) is 68.3 Å². The molecule has 0 saturated carbocycles. The minimum Gasteiger partial charge on any atom is -0.451 e. The summed E-state index contributed by atoms with van der Waals surface area (Å²) < 4.78 is 5.04. The van der Waals surface area contributed by atoms with Gasteiger partial charge in [0.15, 0.2) is 0 Å². The fourth-order valence-corrected chi connectivity index (χ4v) is 2.55. The minimum atomic E-state index is -0.634. The number of hydrogen-bond donors (Lipinski definition) is 2. The van der Waals surface area contributed by atoms with E-state index in [0.29, 0.717) is 11.1 Å². The zero-order valence-electron chi connectivity index (χ0n) is 14.3. The molecule has 0 atom stereocenters. The second-order valence-corrected chi connectivity index (χ2v) is 6.16. The molecule has 0 saturated heterocycles. The van der Waals surface area contributed by atoms with Crippen molar-refractivity contribution in [3.05, 3.63) is 71.9 Å². The average molecular weight is 376 g/mol. The summed E-state index contributed by atoms with van der Waals surface area (Å²) in [6, 6.07) is 16.4. The lowest BCUT2D eigenvalue weighted by Gasteiger charge is -2.04. The first-order chi connectivity index (χ1) is 13.1. The Hall–Kier alpha value is -3.30. The van der Waals surface area contributed by atoms with E-state index in [-0.39, 0.29) is 19.1 Å². The quantitative estimate of drug-likeness (QED) is 0.318. The summed E-state index contributed by atoms with van der Waals surface area (Å²) in [6.45, 7) is 0.207. The number of nitrogens with one attached hydrogen (secondary N) is 1. The fraction of sp³-hybridized carbons (Fsp3) is 0.0952. The van der Waals surface area contributed by atoms with Gasteiger partial charge in [-0.25, -0.2) is 4.79 Å². The molecule has 0 aliphatic heterocycles. The molecular weight excluding hydrogens is 360 g/mol. The molecule has 2 aromatic carbocycles. The second kappa shape index (κ2) is 8.88. The van der Waals surface area contributed by atoms with E-state index in [9.17, 15) is 9.59 Å². The number of aromatic nitrogens is 1. The standard InChI is InChI=1S/C21H16N2O3S/c24-20(26-14-15-5-2-1-3-6-15)7-4-10-22-21(25)17-9-8-16-11-18(27)13-23-19(16)12-17/h1-3,5-6,8-9,11-13,27H,10,14H2,(H,22,25). The molecule has 3 aromatic rings. The van der Waals surface area contributed by atoms with Crippen molar-refractivity contribution in [2.24, 2.45) is 0 Å². The van der Waals surface area contributed by atoms with E-state index in [2.05, 4.69) is 34.8 Å². The number of ether oxygens (including phenoxy) is 1. The maximum absolute atomic E-state index is 12.2. The van der Waals surface area contributed by atoms with Gasteiger partial charge in [-0.2, -0.15) is 0 Å². The van der Waals surface area contributed by atoms with E-state index in [1.54, 1.807) is 18.3 Å². The maximum atomic E-state index is 12.2. The van der Waals surface area contributed by atoms with Crippen LogP contribution in [0.5, 0.6) is 0 Å². The lowest BCUT2D eigenvalue weighted by Crippen LogP contribution is -2.23. The van der Waals surface area contributed by atoms with Gasteiger partial charge in [-0.15, -0.1) is 12.6 Å². The lowest BCUT2D eigenvalue weighted by atomic mass is 10.1. The van der Waals surface area contributed by atoms with Gasteiger partial charge in [0.1, 0.15) is 6.61 Å². The van der Waals surface area contributed by atoms with Crippen molar-refractivity contribution >= 4 is 35.4 Å². The molecule has 6 heteroatoms. The molecule has 5 nitrogen and oxygen atoms in total. The van der Waals surface area contributed by atoms with Crippen LogP contribution in [-0.2, 0) is 16.1 Å². The number of thiol groups is 1. The number of carbonyl (C=O) groups excluding carboxylic acids is 2. The van der Waals surface area contributed by atoms with Gasteiger partial charge < -0.3 is 10.1 Å². The molecule has 0 aliphatic carbocycles. The van der Waals surface area contributed by atoms with Crippen LogP contribution in [0, 0.1) is 11.8 Å². The Balaban J connectivity index is 1.50. The van der Waals surface area contributed by atoms with Crippen molar-refractivity contribution in [1.82, 2.24) is 10.3 Å². The number of hydrogen-bond acceptors (Lipinski definition) is 5. The summed E-state index contributed by atoms with van der Waals surface area (Å²) in [7, 11) is 0. The summed E-state index contributed by atoms with van der Waals surface area (Å²) in [4.78, 5) is 28.8. The zero-order chi connectivity index (χ0) is 19.1. The summed E-state index contributed by atoms with van der Waals surface area (Å²) in [5.74, 6) is 4.01. The molecule has 0 aliphatic rings. The van der Waals surface area contributed by atoms with Crippen LogP contribution in [0.15, 0.2) is 65.7 Å². The molecule has 1 aromatic heterocycles. The molecule has 0 radical (unpaired) electrons. The van der Waals surface area contributed by atoms with Gasteiger partial charge in [-0.05, 0) is 23.8 Å². The Bertz CT molecular complexity index is 1040. The highest BCUT2D eigenvalue weighted by Gasteiger charge is 2.06. The molecule has 1 heterocycles. The number of nitrogens with zero attached hydrogens (tertiary/aromatic N) is 1. The highest BCUT2D eigenvalue weighted by atomic mass is 32.1. The number of fused-ring (bicyclic) bond motifs is 1. The van der Waals surface area contributed by atoms with Crippen molar-refractivity contribution in [1.29, 1.82) is 0 Å². The average Bonchev–Trinajstić information content (AvgIpc) is 2.70. The van der Waals surface area contributed by atoms with Gasteiger partial charge in [-0.3, -0.25) is 9.78 Å². The molecule has 0 fully saturated rings. The van der Waals surface area contributed by atoms with E-state index < -0.39 is 5.97 Å². The predicted molar refractivity (Wildman–Crippen MR) is 105 cm³/mol. The molecule has 3 rings (SSSR count). The van der Waals surface area contributed by atoms with Crippen molar-refractivity contribution < 1.29 is 14.3 Å². The molecular formula is C21H16N2O3S. The van der Waals surface area contributed by atoms with Crippen LogP contribution in [0.3, 0.4) is 0 Å². The second-order valence-electron chi connectivity index (χ2n) is 5.65. The Labute approximate surface area is 162 Å². The van der Waals surface area contributed by atoms with E-state index >= 15 is 0 Å². The Morgan fingerprint density at radius 1 is 1.11 bits per heavy atom. The van der Waals surface area contributed by atoms with Crippen LogP contribution in [-0.4, -0.2) is 23.4 Å². The molecule has 1 amide bonds. The monoisotopic (exact) mass is 376 g/mol. The van der Waals surface area contributed by atoms with E-state index in [4.69, 9.17) is 4.74 Å². The van der Waals surface area contributed by atoms with Gasteiger partial charge >= 0.3 is 5.97 Å². The predicted octanol–water partition coefficient (Wildman–Crippen LogP) is 3.00. The summed E-state index contributed by atoms with van der Waals surface area (Å²) in [5, 5.41) is 3.54. The van der Waals surface area contributed by atoms with Crippen molar-refractivity contribution in [3.63, 3.8) is 0 Å². The third-order valence-corrected chi connectivity index (χ3v) is 3.92. The normalized spacial score (nSPS) is 9.96. The molecule has 27 heavy (non-hydrogen) atoms. The van der Waals surface area contributed by atoms with Crippen molar-refractivity contribution in [3.8, 4) is 11.8 Å². The van der Waals surface area contributed by atoms with Gasteiger partial charge in [0.25, 0.3) is 5.91 Å². The van der Waals surface area contributed by atoms with Crippen LogP contribution in [0.1, 0.15) is 15.9 Å². The van der Waals surface area contributed by atoms with Crippen LogP contribution >= 0.6 is 12.6 Å². The highest BCUT2D eigenvalue weighted by Crippen LogP contribution is 2.17. The smallest absolute Gasteiger partial charge is 0.384 e. The lowest BCUT2D eigenvalue weighted by molar-refractivity contribution is -0.137. The van der Waals surface area contributed by atoms with E-state index in [1.165, 1.54) is 0 Å². The van der Waals surface area contributed by atoms with E-state index in [1.807, 2.05) is 42.5 Å². The molecule has 1 N–H and O–H groups in total. The highest BCUT2D eigenvalue weighted by molar-refractivity contribution is 7.80. The molecule has 0 bridgehead atoms. The van der Waals surface area contributed by atoms with Gasteiger partial charge in [0, 0.05) is 28.0 Å². The van der Waals surface area contributed by atoms with E-state index in [0.717, 1.165) is 15.8 Å². The molecule has 0 unspecified atom stereocenters. The molecule has 134 valence electrons. The summed E-state index contributed by atoms with van der Waals surface area (Å²) in [5.41, 5.74) is 2.06. The maximum Gasteiger partial charge on any atom is 0.384 e. The van der Waals surface area contributed by atoms with Crippen LogP contribution in [0.2, 0.25) is 0 Å². The number of rotatable bonds is 4. The third kappa shape index (κ3) is 5.33. The summed E-state index contributed by atoms with van der Waals surface area (Å²) >= 11 is 4.24. The van der Waals surface area contributed by atoms with Crippen molar-refractivity contribution in [2.45, 2.75) is 11.5 Å². The summed E-state index contributed by atoms with van der Waals surface area (Å²) in [6.07, 6.45) is 1.62. The Morgan fingerprint density at radius 2 is 1.93 bits per heavy atom. The number of benzene rings is 2. The SMILES string of the molecule is O=C(C#CCNC(=O)c1ccc2cc(S)cnc2c1)OCc1ccccc1. The zero-order valence-corrected chi connectivity index (χ0v) is 15.2. The number of esters is 1. The van der Waals surface area contributed by atoms with Gasteiger partial charge in [-0.1, -0.05) is 42.3 Å². The van der Waals surface area contributed by atoms with Crippen LogP contribution in [0.25, 0.3) is 10.9 Å². The van der Waals surface area contributed by atoms with Crippen LogP contribution in [0.4, 0.5) is 0 Å². The largest absolute Gasteiger partial charge is 0.451 e. The van der Waals surface area contributed by atoms with Gasteiger partial charge in [0.05, 0.1) is 12.1 Å². The molecule has 0 spiro atoms.